The molecule has 0 spiro atoms. The van der Waals surface area contributed by atoms with E-state index in [9.17, 15) is 0 Å². The summed E-state index contributed by atoms with van der Waals surface area (Å²) in [5.74, 6) is 0.706. The van der Waals surface area contributed by atoms with Gasteiger partial charge in [-0.15, -0.1) is 0 Å². The number of aromatic amines is 2. The third-order valence-electron chi connectivity index (χ3n) is 5.72. The number of pyridine rings is 2. The second-order valence-electron chi connectivity index (χ2n) is 8.16. The molecule has 0 saturated carbocycles. The van der Waals surface area contributed by atoms with E-state index < -0.39 is 0 Å². The van der Waals surface area contributed by atoms with E-state index >= 15 is 0 Å². The van der Waals surface area contributed by atoms with Crippen LogP contribution in [-0.4, -0.2) is 30.1 Å². The Kier molecular flexibility index (Phi) is 4.85. The lowest BCUT2D eigenvalue weighted by Crippen LogP contribution is -2.02. The Morgan fingerprint density at radius 3 is 2.68 bits per heavy atom. The fraction of sp³-hybridized carbons (Fsp3) is 0.0370. The van der Waals surface area contributed by atoms with E-state index in [1.54, 1.807) is 12.4 Å². The molecule has 0 amide bonds. The Bertz CT molecular complexity index is 1600. The van der Waals surface area contributed by atoms with E-state index in [1.165, 1.54) is 5.56 Å². The molecule has 0 aliphatic heterocycles. The molecule has 7 nitrogen and oxygen atoms in total. The van der Waals surface area contributed by atoms with Gasteiger partial charge < -0.3 is 10.3 Å². The third kappa shape index (κ3) is 3.80. The van der Waals surface area contributed by atoms with E-state index in [2.05, 4.69) is 72.4 Å². The SMILES string of the molecule is C=C(Cc1ccccc1)Nc1cncc(-c2ccc3[nH]nc(-c4nc5ccncc5[nH]4)c3c2)c1. The zero-order valence-corrected chi connectivity index (χ0v) is 18.3. The summed E-state index contributed by atoms with van der Waals surface area (Å²) in [7, 11) is 0. The highest BCUT2D eigenvalue weighted by Crippen LogP contribution is 2.31. The molecule has 6 aromatic rings. The first-order valence-electron chi connectivity index (χ1n) is 11.0. The Morgan fingerprint density at radius 1 is 0.882 bits per heavy atom. The van der Waals surface area contributed by atoms with Crippen LogP contribution in [0.3, 0.4) is 0 Å². The average Bonchev–Trinajstić information content (AvgIpc) is 3.48. The topological polar surface area (TPSA) is 95.2 Å². The Labute approximate surface area is 195 Å². The number of anilines is 1. The van der Waals surface area contributed by atoms with Crippen molar-refractivity contribution in [3.05, 3.63) is 103 Å². The van der Waals surface area contributed by atoms with Gasteiger partial charge >= 0.3 is 0 Å². The fourth-order valence-electron chi connectivity index (χ4n) is 4.10. The van der Waals surface area contributed by atoms with Crippen molar-refractivity contribution in [3.8, 4) is 22.6 Å². The molecule has 0 aliphatic rings. The second kappa shape index (κ2) is 8.29. The van der Waals surface area contributed by atoms with Crippen LogP contribution in [0.2, 0.25) is 0 Å². The summed E-state index contributed by atoms with van der Waals surface area (Å²) in [6.45, 7) is 4.18. The first kappa shape index (κ1) is 19.9. The summed E-state index contributed by atoms with van der Waals surface area (Å²) in [4.78, 5) is 16.6. The molecule has 6 rings (SSSR count). The van der Waals surface area contributed by atoms with E-state index in [0.717, 1.165) is 56.6 Å². The fourth-order valence-corrected chi connectivity index (χ4v) is 4.10. The first-order valence-corrected chi connectivity index (χ1v) is 11.0. The molecular formula is C27H21N7. The van der Waals surface area contributed by atoms with Crippen molar-refractivity contribution in [1.82, 2.24) is 30.1 Å². The summed E-state index contributed by atoms with van der Waals surface area (Å²) in [5, 5.41) is 12.0. The molecule has 0 saturated heterocycles. The molecular weight excluding hydrogens is 422 g/mol. The average molecular weight is 444 g/mol. The van der Waals surface area contributed by atoms with Crippen LogP contribution in [0.5, 0.6) is 0 Å². The van der Waals surface area contributed by atoms with E-state index in [-0.39, 0.29) is 0 Å². The van der Waals surface area contributed by atoms with Crippen molar-refractivity contribution in [3.63, 3.8) is 0 Å². The minimum atomic E-state index is 0.706. The van der Waals surface area contributed by atoms with E-state index in [4.69, 9.17) is 0 Å². The van der Waals surface area contributed by atoms with Crippen LogP contribution in [0.25, 0.3) is 44.6 Å². The standard InChI is InChI=1S/C27H21N7/c1-17(11-18-5-3-2-4-6-18)30-21-12-20(14-29-15-21)19-7-8-23-22(13-19)26(34-33-23)27-31-24-9-10-28-16-25(24)32-27/h2-10,12-16,30H,1,11H2,(H,31,32)(H,33,34). The van der Waals surface area contributed by atoms with Crippen LogP contribution < -0.4 is 5.32 Å². The Morgan fingerprint density at radius 2 is 1.79 bits per heavy atom. The van der Waals surface area contributed by atoms with Crippen LogP contribution in [0.4, 0.5) is 5.69 Å². The maximum atomic E-state index is 4.68. The molecule has 3 N–H and O–H groups in total. The smallest absolute Gasteiger partial charge is 0.159 e. The normalized spacial score (nSPS) is 11.2. The maximum Gasteiger partial charge on any atom is 0.159 e. The van der Waals surface area contributed by atoms with Crippen molar-refractivity contribution < 1.29 is 0 Å². The minimum absolute atomic E-state index is 0.706. The lowest BCUT2D eigenvalue weighted by atomic mass is 10.0. The van der Waals surface area contributed by atoms with Crippen LogP contribution in [0, 0.1) is 0 Å². The van der Waals surface area contributed by atoms with E-state index in [0.29, 0.717) is 5.82 Å². The number of benzene rings is 2. The third-order valence-corrected chi connectivity index (χ3v) is 5.72. The number of H-pyrrole nitrogens is 2. The highest BCUT2D eigenvalue weighted by Gasteiger charge is 2.14. The highest BCUT2D eigenvalue weighted by atomic mass is 15.1. The van der Waals surface area contributed by atoms with Gasteiger partial charge in [0, 0.05) is 35.5 Å². The molecule has 164 valence electrons. The molecule has 0 fully saturated rings. The van der Waals surface area contributed by atoms with E-state index in [1.807, 2.05) is 42.7 Å². The molecule has 4 aromatic heterocycles. The minimum Gasteiger partial charge on any atom is -0.358 e. The van der Waals surface area contributed by atoms with Crippen molar-refractivity contribution in [2.75, 3.05) is 5.32 Å². The maximum absolute atomic E-state index is 4.68. The van der Waals surface area contributed by atoms with Crippen LogP contribution in [0.1, 0.15) is 5.56 Å². The molecule has 4 heterocycles. The first-order chi connectivity index (χ1) is 16.7. The van der Waals surface area contributed by atoms with Gasteiger partial charge in [0.2, 0.25) is 0 Å². The highest BCUT2D eigenvalue weighted by molar-refractivity contribution is 5.95. The molecule has 7 heteroatoms. The largest absolute Gasteiger partial charge is 0.358 e. The van der Waals surface area contributed by atoms with Gasteiger partial charge in [-0.2, -0.15) is 5.10 Å². The molecule has 34 heavy (non-hydrogen) atoms. The summed E-state index contributed by atoms with van der Waals surface area (Å²) < 4.78 is 0. The number of nitrogens with one attached hydrogen (secondary N) is 3. The molecule has 0 unspecified atom stereocenters. The number of rotatable bonds is 6. The Balaban J connectivity index is 1.30. The predicted octanol–water partition coefficient (Wildman–Crippen LogP) is 5.73. The number of aromatic nitrogens is 6. The second-order valence-corrected chi connectivity index (χ2v) is 8.16. The Hall–Kier alpha value is -4.78. The van der Waals surface area contributed by atoms with Gasteiger partial charge in [0.15, 0.2) is 5.82 Å². The predicted molar refractivity (Wildman–Crippen MR) is 135 cm³/mol. The van der Waals surface area contributed by atoms with Gasteiger partial charge in [-0.25, -0.2) is 4.98 Å². The van der Waals surface area contributed by atoms with Crippen molar-refractivity contribution in [2.45, 2.75) is 6.42 Å². The molecule has 0 atom stereocenters. The van der Waals surface area contributed by atoms with Gasteiger partial charge in [-0.1, -0.05) is 43.0 Å². The molecule has 0 radical (unpaired) electrons. The summed E-state index contributed by atoms with van der Waals surface area (Å²) in [6.07, 6.45) is 7.92. The lowest BCUT2D eigenvalue weighted by Gasteiger charge is -2.11. The van der Waals surface area contributed by atoms with Gasteiger partial charge in [0.05, 0.1) is 34.6 Å². The van der Waals surface area contributed by atoms with Gasteiger partial charge in [-0.3, -0.25) is 15.1 Å². The van der Waals surface area contributed by atoms with Crippen LogP contribution in [0.15, 0.2) is 97.7 Å². The van der Waals surface area contributed by atoms with Crippen molar-refractivity contribution in [2.24, 2.45) is 0 Å². The van der Waals surface area contributed by atoms with Gasteiger partial charge in [-0.05, 0) is 35.4 Å². The summed E-state index contributed by atoms with van der Waals surface area (Å²) in [5.41, 5.74) is 8.51. The van der Waals surface area contributed by atoms with Gasteiger partial charge in [0.25, 0.3) is 0 Å². The van der Waals surface area contributed by atoms with Gasteiger partial charge in [0.1, 0.15) is 5.69 Å². The number of imidazole rings is 1. The monoisotopic (exact) mass is 443 g/mol. The van der Waals surface area contributed by atoms with Crippen LogP contribution >= 0.6 is 0 Å². The van der Waals surface area contributed by atoms with Crippen molar-refractivity contribution >= 4 is 27.6 Å². The summed E-state index contributed by atoms with van der Waals surface area (Å²) >= 11 is 0. The molecule has 0 bridgehead atoms. The quantitative estimate of drug-likeness (QED) is 0.305. The zero-order chi connectivity index (χ0) is 22.9. The number of hydrogen-bond donors (Lipinski definition) is 3. The number of nitrogens with zero attached hydrogens (tertiary/aromatic N) is 4. The van der Waals surface area contributed by atoms with Crippen molar-refractivity contribution in [1.29, 1.82) is 0 Å². The summed E-state index contributed by atoms with van der Waals surface area (Å²) in [6, 6.07) is 20.4. The lowest BCUT2D eigenvalue weighted by molar-refractivity contribution is 1.11. The molecule has 2 aromatic carbocycles. The zero-order valence-electron chi connectivity index (χ0n) is 18.3. The number of allylic oxidation sites excluding steroid dienone is 1. The number of hydrogen-bond acceptors (Lipinski definition) is 5. The number of fused-ring (bicyclic) bond motifs is 2. The molecule has 0 aliphatic carbocycles. The van der Waals surface area contributed by atoms with Crippen LogP contribution in [-0.2, 0) is 6.42 Å².